The number of rotatable bonds is 4. The van der Waals surface area contributed by atoms with Gasteiger partial charge in [-0.1, -0.05) is 29.8 Å². The first kappa shape index (κ1) is 13.1. The highest BCUT2D eigenvalue weighted by Crippen LogP contribution is 2.30. The zero-order chi connectivity index (χ0) is 13.9. The number of hydrogen-bond donors (Lipinski definition) is 1. The first-order valence-electron chi connectivity index (χ1n) is 6.58. The number of ether oxygens (including phenoxy) is 2. The van der Waals surface area contributed by atoms with Crippen LogP contribution in [0.5, 0.6) is 11.5 Å². The van der Waals surface area contributed by atoms with E-state index in [4.69, 9.17) is 21.1 Å². The predicted molar refractivity (Wildman–Crippen MR) is 81.1 cm³/mol. The lowest BCUT2D eigenvalue weighted by Crippen LogP contribution is -2.24. The summed E-state index contributed by atoms with van der Waals surface area (Å²) in [5.74, 6) is 1.77. The van der Waals surface area contributed by atoms with E-state index in [1.807, 2.05) is 36.4 Å². The van der Waals surface area contributed by atoms with Gasteiger partial charge in [0, 0.05) is 12.5 Å². The molecule has 0 spiro atoms. The maximum absolute atomic E-state index is 6.17. The molecular formula is C16H16ClNO2. The summed E-state index contributed by atoms with van der Waals surface area (Å²) in [6, 6.07) is 13.7. The lowest BCUT2D eigenvalue weighted by Gasteiger charge is -2.14. The van der Waals surface area contributed by atoms with Gasteiger partial charge in [0.2, 0.25) is 0 Å². The molecule has 4 heteroatoms. The molecule has 2 aromatic rings. The number of hydrogen-bond acceptors (Lipinski definition) is 3. The Hall–Kier alpha value is -1.87. The summed E-state index contributed by atoms with van der Waals surface area (Å²) in [5, 5.41) is 4.01. The molecule has 0 saturated carbocycles. The Kier molecular flexibility index (Phi) is 3.70. The molecule has 1 unspecified atom stereocenters. The predicted octanol–water partition coefficient (Wildman–Crippen LogP) is 3.76. The standard InChI is InChI=1S/C16H16ClNO2/c1-19-12-6-7-14(17)15(9-12)18-10-13-8-11-4-2-3-5-16(11)20-13/h2-7,9,13,18H,8,10H2,1H3. The zero-order valence-corrected chi connectivity index (χ0v) is 12.0. The van der Waals surface area contributed by atoms with Crippen LogP contribution in [0.15, 0.2) is 42.5 Å². The molecule has 0 amide bonds. The fourth-order valence-corrected chi connectivity index (χ4v) is 2.54. The Morgan fingerprint density at radius 1 is 1.30 bits per heavy atom. The monoisotopic (exact) mass is 289 g/mol. The van der Waals surface area contributed by atoms with Crippen LogP contribution in [0.3, 0.4) is 0 Å². The summed E-state index contributed by atoms with van der Waals surface area (Å²) < 4.78 is 11.1. The van der Waals surface area contributed by atoms with Crippen molar-refractivity contribution in [2.75, 3.05) is 19.0 Å². The topological polar surface area (TPSA) is 30.5 Å². The van der Waals surface area contributed by atoms with E-state index in [-0.39, 0.29) is 6.10 Å². The van der Waals surface area contributed by atoms with Crippen molar-refractivity contribution in [3.05, 3.63) is 53.1 Å². The quantitative estimate of drug-likeness (QED) is 0.929. The molecule has 0 radical (unpaired) electrons. The second kappa shape index (κ2) is 5.63. The summed E-state index contributed by atoms with van der Waals surface area (Å²) in [4.78, 5) is 0. The molecular weight excluding hydrogens is 274 g/mol. The van der Waals surface area contributed by atoms with Crippen LogP contribution in [0.2, 0.25) is 5.02 Å². The molecule has 0 aliphatic carbocycles. The van der Waals surface area contributed by atoms with E-state index in [9.17, 15) is 0 Å². The number of anilines is 1. The Balaban J connectivity index is 1.64. The van der Waals surface area contributed by atoms with Crippen LogP contribution in [0.25, 0.3) is 0 Å². The van der Waals surface area contributed by atoms with E-state index >= 15 is 0 Å². The highest BCUT2D eigenvalue weighted by molar-refractivity contribution is 6.33. The summed E-state index contributed by atoms with van der Waals surface area (Å²) in [7, 11) is 1.64. The third-order valence-electron chi connectivity index (χ3n) is 3.41. The van der Waals surface area contributed by atoms with E-state index in [0.717, 1.165) is 23.6 Å². The minimum Gasteiger partial charge on any atom is -0.497 e. The second-order valence-corrected chi connectivity index (χ2v) is 5.19. The third kappa shape index (κ3) is 2.68. The molecule has 3 rings (SSSR count). The van der Waals surface area contributed by atoms with E-state index in [1.54, 1.807) is 7.11 Å². The van der Waals surface area contributed by atoms with Crippen LogP contribution >= 0.6 is 11.6 Å². The van der Waals surface area contributed by atoms with Crippen LogP contribution in [-0.2, 0) is 6.42 Å². The maximum Gasteiger partial charge on any atom is 0.123 e. The van der Waals surface area contributed by atoms with Gasteiger partial charge in [-0.05, 0) is 23.8 Å². The number of para-hydroxylation sites is 1. The second-order valence-electron chi connectivity index (χ2n) is 4.78. The number of nitrogens with one attached hydrogen (secondary N) is 1. The largest absolute Gasteiger partial charge is 0.497 e. The number of fused-ring (bicyclic) bond motifs is 1. The van der Waals surface area contributed by atoms with Crippen molar-refractivity contribution in [2.24, 2.45) is 0 Å². The molecule has 1 heterocycles. The van der Waals surface area contributed by atoms with Gasteiger partial charge in [0.05, 0.1) is 24.4 Å². The first-order chi connectivity index (χ1) is 9.76. The van der Waals surface area contributed by atoms with Gasteiger partial charge in [-0.3, -0.25) is 0 Å². The van der Waals surface area contributed by atoms with Crippen LogP contribution in [0.4, 0.5) is 5.69 Å². The fraction of sp³-hybridized carbons (Fsp3) is 0.250. The molecule has 1 N–H and O–H groups in total. The van der Waals surface area contributed by atoms with Gasteiger partial charge < -0.3 is 14.8 Å². The van der Waals surface area contributed by atoms with Crippen LogP contribution in [0.1, 0.15) is 5.56 Å². The van der Waals surface area contributed by atoms with Crippen molar-refractivity contribution < 1.29 is 9.47 Å². The Labute approximate surface area is 123 Å². The van der Waals surface area contributed by atoms with Gasteiger partial charge in [-0.2, -0.15) is 0 Å². The molecule has 0 fully saturated rings. The van der Waals surface area contributed by atoms with E-state index in [2.05, 4.69) is 11.4 Å². The lowest BCUT2D eigenvalue weighted by molar-refractivity contribution is 0.246. The van der Waals surface area contributed by atoms with Gasteiger partial charge in [-0.15, -0.1) is 0 Å². The van der Waals surface area contributed by atoms with Crippen molar-refractivity contribution in [1.82, 2.24) is 0 Å². The summed E-state index contributed by atoms with van der Waals surface area (Å²) >= 11 is 6.17. The SMILES string of the molecule is COc1ccc(Cl)c(NCC2Cc3ccccc3O2)c1. The molecule has 1 atom stereocenters. The minimum absolute atomic E-state index is 0.134. The van der Waals surface area contributed by atoms with Gasteiger partial charge in [0.25, 0.3) is 0 Å². The average Bonchev–Trinajstić information content (AvgIpc) is 2.89. The van der Waals surface area contributed by atoms with Gasteiger partial charge in [-0.25, -0.2) is 0 Å². The van der Waals surface area contributed by atoms with Crippen LogP contribution in [0, 0.1) is 0 Å². The Morgan fingerprint density at radius 3 is 2.95 bits per heavy atom. The van der Waals surface area contributed by atoms with Crippen molar-refractivity contribution >= 4 is 17.3 Å². The molecule has 0 aromatic heterocycles. The van der Waals surface area contributed by atoms with Crippen LogP contribution < -0.4 is 14.8 Å². The van der Waals surface area contributed by atoms with E-state index in [0.29, 0.717) is 11.6 Å². The van der Waals surface area contributed by atoms with Crippen molar-refractivity contribution in [1.29, 1.82) is 0 Å². The third-order valence-corrected chi connectivity index (χ3v) is 3.74. The lowest BCUT2D eigenvalue weighted by atomic mass is 10.1. The molecule has 0 bridgehead atoms. The summed E-state index contributed by atoms with van der Waals surface area (Å²) in [6.07, 6.45) is 1.06. The first-order valence-corrected chi connectivity index (χ1v) is 6.96. The average molecular weight is 290 g/mol. The number of halogens is 1. The van der Waals surface area contributed by atoms with E-state index < -0.39 is 0 Å². The van der Waals surface area contributed by atoms with Gasteiger partial charge in [0.15, 0.2) is 0 Å². The molecule has 0 saturated heterocycles. The molecule has 1 aliphatic rings. The highest BCUT2D eigenvalue weighted by atomic mass is 35.5. The Morgan fingerprint density at radius 2 is 2.15 bits per heavy atom. The molecule has 104 valence electrons. The molecule has 3 nitrogen and oxygen atoms in total. The highest BCUT2D eigenvalue weighted by Gasteiger charge is 2.22. The zero-order valence-electron chi connectivity index (χ0n) is 11.2. The van der Waals surface area contributed by atoms with Gasteiger partial charge >= 0.3 is 0 Å². The van der Waals surface area contributed by atoms with Crippen molar-refractivity contribution in [3.63, 3.8) is 0 Å². The molecule has 1 aliphatic heterocycles. The maximum atomic E-state index is 6.17. The molecule has 2 aromatic carbocycles. The molecule has 20 heavy (non-hydrogen) atoms. The number of benzene rings is 2. The fourth-order valence-electron chi connectivity index (χ4n) is 2.36. The van der Waals surface area contributed by atoms with Gasteiger partial charge in [0.1, 0.15) is 17.6 Å². The smallest absolute Gasteiger partial charge is 0.123 e. The normalized spacial score (nSPS) is 16.4. The summed E-state index contributed by atoms with van der Waals surface area (Å²) in [5.41, 5.74) is 2.13. The summed E-state index contributed by atoms with van der Waals surface area (Å²) in [6.45, 7) is 0.710. The minimum atomic E-state index is 0.134. The number of methoxy groups -OCH3 is 1. The Bertz CT molecular complexity index is 590. The van der Waals surface area contributed by atoms with Crippen molar-refractivity contribution in [3.8, 4) is 11.5 Å². The van der Waals surface area contributed by atoms with E-state index in [1.165, 1.54) is 5.56 Å². The van der Waals surface area contributed by atoms with Crippen LogP contribution in [-0.4, -0.2) is 19.8 Å². The van der Waals surface area contributed by atoms with Crippen molar-refractivity contribution in [2.45, 2.75) is 12.5 Å².